The zero-order valence-corrected chi connectivity index (χ0v) is 33.6. The van der Waals surface area contributed by atoms with E-state index >= 15 is 0 Å². The van der Waals surface area contributed by atoms with E-state index in [0.29, 0.717) is 44.9 Å². The molecule has 0 saturated carbocycles. The summed E-state index contributed by atoms with van der Waals surface area (Å²) in [5.41, 5.74) is 5.67. The molecule has 0 aromatic carbocycles. The lowest BCUT2D eigenvalue weighted by atomic mass is 10.1. The van der Waals surface area contributed by atoms with E-state index in [9.17, 15) is 68.1 Å². The second kappa shape index (κ2) is 20.9. The van der Waals surface area contributed by atoms with Crippen LogP contribution in [0, 0.1) is 0 Å². The average Bonchev–Trinajstić information content (AvgIpc) is 4.03. The van der Waals surface area contributed by atoms with Crippen molar-refractivity contribution in [3.63, 3.8) is 0 Å². The van der Waals surface area contributed by atoms with Gasteiger partial charge in [0.1, 0.15) is 42.3 Å². The molecule has 0 spiro atoms. The summed E-state index contributed by atoms with van der Waals surface area (Å²) in [6, 6.07) is -9.36. The number of hydrogen-bond donors (Lipinski definition) is 8. The van der Waals surface area contributed by atoms with Gasteiger partial charge in [-0.2, -0.15) is 0 Å². The van der Waals surface area contributed by atoms with Gasteiger partial charge < -0.3 is 61.9 Å². The third kappa shape index (κ3) is 11.7. The number of nitrogens with one attached hydrogen (secondary N) is 4. The van der Waals surface area contributed by atoms with E-state index in [4.69, 9.17) is 5.73 Å². The van der Waals surface area contributed by atoms with Crippen molar-refractivity contribution >= 4 is 65.2 Å². The van der Waals surface area contributed by atoms with Crippen LogP contribution in [0.5, 0.6) is 0 Å². The molecule has 4 rings (SSSR count). The highest BCUT2D eigenvalue weighted by atomic mass is 16.4. The van der Waals surface area contributed by atoms with E-state index in [1.807, 2.05) is 0 Å². The van der Waals surface area contributed by atoms with Gasteiger partial charge in [-0.15, -0.1) is 0 Å². The number of rotatable bonds is 18. The summed E-state index contributed by atoms with van der Waals surface area (Å²) in [5.74, 6) is -9.93. The Bertz CT molecular complexity index is 1720. The topological polar surface area (TPSA) is 336 Å². The molecule has 23 heteroatoms. The molecule has 8 amide bonds. The fourth-order valence-electron chi connectivity index (χ4n) is 8.17. The number of carbonyl (C=O) groups is 11. The fourth-order valence-corrected chi connectivity index (χ4v) is 8.17. The number of nitrogens with zero attached hydrogens (tertiary/aromatic N) is 4. The largest absolute Gasteiger partial charge is 0.481 e. The predicted octanol–water partition coefficient (Wildman–Crippen LogP) is -3.69. The number of aliphatic carboxylic acids is 3. The normalized spacial score (nSPS) is 23.2. The monoisotopic (exact) mass is 849 g/mol. The summed E-state index contributed by atoms with van der Waals surface area (Å²) in [5, 5.41) is 37.9. The quantitative estimate of drug-likeness (QED) is 0.0659. The second-order valence-corrected chi connectivity index (χ2v) is 15.5. The maximum absolute atomic E-state index is 13.9. The van der Waals surface area contributed by atoms with Crippen LogP contribution in [0.4, 0.5) is 0 Å². The molecule has 4 heterocycles. The van der Waals surface area contributed by atoms with Gasteiger partial charge in [0.2, 0.25) is 47.3 Å². The van der Waals surface area contributed by atoms with Crippen LogP contribution < -0.4 is 27.0 Å². The molecule has 8 atom stereocenters. The highest BCUT2D eigenvalue weighted by molar-refractivity contribution is 5.98. The number of carbonyl (C=O) groups excluding carboxylic acids is 8. The number of likely N-dealkylation sites (tertiary alicyclic amines) is 4. The van der Waals surface area contributed by atoms with Crippen molar-refractivity contribution in [1.29, 1.82) is 0 Å². The van der Waals surface area contributed by atoms with Gasteiger partial charge in [-0.3, -0.25) is 47.9 Å². The summed E-state index contributed by atoms with van der Waals surface area (Å²) in [4.78, 5) is 146. The zero-order chi connectivity index (χ0) is 44.4. The molecular weight excluding hydrogens is 794 g/mol. The first kappa shape index (κ1) is 46.8. The second-order valence-electron chi connectivity index (χ2n) is 15.5. The molecule has 0 unspecified atom stereocenters. The number of carboxylic acid groups (broad SMARTS) is 3. The molecule has 0 aromatic rings. The van der Waals surface area contributed by atoms with Crippen molar-refractivity contribution in [2.75, 3.05) is 32.7 Å². The number of nitrogens with two attached hydrogens (primary N) is 1. The maximum atomic E-state index is 13.9. The Kier molecular flexibility index (Phi) is 16.3. The molecule has 60 heavy (non-hydrogen) atoms. The highest BCUT2D eigenvalue weighted by Crippen LogP contribution is 2.26. The summed E-state index contributed by atoms with van der Waals surface area (Å²) in [6.45, 7) is 2.91. The van der Waals surface area contributed by atoms with Crippen LogP contribution in [0.2, 0.25) is 0 Å². The van der Waals surface area contributed by atoms with E-state index in [1.54, 1.807) is 0 Å². The molecule has 0 aliphatic carbocycles. The molecular formula is C37H55N9O14. The Hall–Kier alpha value is -5.87. The lowest BCUT2D eigenvalue weighted by Crippen LogP contribution is -2.59. The molecule has 332 valence electrons. The van der Waals surface area contributed by atoms with Crippen molar-refractivity contribution in [3.8, 4) is 0 Å². The van der Waals surface area contributed by atoms with Crippen molar-refractivity contribution in [2.45, 2.75) is 133 Å². The SMILES string of the molecule is C[C@H](N)C(=O)N1CCC[C@H]1C(=O)NCC(=O)N[C@@H](CC(=O)O)C(=O)N[C@@H](CCC(=O)O)C(=O)N1CCC[C@H]1C(=O)N[C@@H](C)C(=O)N1CCC[C@H]1C(=O)N1CCC[C@H]1C(=O)O. The molecule has 4 saturated heterocycles. The van der Waals surface area contributed by atoms with Crippen LogP contribution in [0.15, 0.2) is 0 Å². The predicted molar refractivity (Wildman–Crippen MR) is 204 cm³/mol. The number of amides is 8. The third-order valence-corrected chi connectivity index (χ3v) is 11.2. The molecule has 23 nitrogen and oxygen atoms in total. The molecule has 0 aromatic heterocycles. The van der Waals surface area contributed by atoms with E-state index in [2.05, 4.69) is 21.3 Å². The van der Waals surface area contributed by atoms with E-state index < -0.39 is 139 Å². The lowest BCUT2D eigenvalue weighted by Gasteiger charge is -2.32. The van der Waals surface area contributed by atoms with Gasteiger partial charge in [0.15, 0.2) is 0 Å². The van der Waals surface area contributed by atoms with E-state index in [0.717, 1.165) is 4.90 Å². The van der Waals surface area contributed by atoms with Gasteiger partial charge in [-0.05, 0) is 71.6 Å². The van der Waals surface area contributed by atoms with Crippen LogP contribution >= 0.6 is 0 Å². The van der Waals surface area contributed by atoms with E-state index in [-0.39, 0.29) is 32.6 Å². The first-order valence-corrected chi connectivity index (χ1v) is 20.1. The van der Waals surface area contributed by atoms with Crippen LogP contribution in [-0.2, 0) is 52.7 Å². The Morgan fingerprint density at radius 3 is 1.67 bits per heavy atom. The smallest absolute Gasteiger partial charge is 0.326 e. The van der Waals surface area contributed by atoms with Crippen LogP contribution in [0.3, 0.4) is 0 Å². The summed E-state index contributed by atoms with van der Waals surface area (Å²) >= 11 is 0. The van der Waals surface area contributed by atoms with Crippen molar-refractivity contribution in [3.05, 3.63) is 0 Å². The molecule has 4 aliphatic rings. The average molecular weight is 850 g/mol. The van der Waals surface area contributed by atoms with E-state index in [1.165, 1.54) is 28.5 Å². The third-order valence-electron chi connectivity index (χ3n) is 11.2. The Balaban J connectivity index is 1.39. The van der Waals surface area contributed by atoms with Gasteiger partial charge in [-0.1, -0.05) is 0 Å². The van der Waals surface area contributed by atoms with Gasteiger partial charge in [0.25, 0.3) is 0 Å². The first-order valence-electron chi connectivity index (χ1n) is 20.1. The summed E-state index contributed by atoms with van der Waals surface area (Å²) in [6.07, 6.45) is 0.816. The van der Waals surface area contributed by atoms with Gasteiger partial charge in [0, 0.05) is 32.6 Å². The number of hydrogen-bond acceptors (Lipinski definition) is 12. The maximum Gasteiger partial charge on any atom is 0.326 e. The number of carboxylic acids is 3. The molecule has 0 bridgehead atoms. The molecule has 4 aliphatic heterocycles. The minimum absolute atomic E-state index is 0.00513. The Labute approximate surface area is 345 Å². The van der Waals surface area contributed by atoms with Crippen LogP contribution in [0.25, 0.3) is 0 Å². The lowest BCUT2D eigenvalue weighted by molar-refractivity contribution is -0.152. The van der Waals surface area contributed by atoms with Crippen molar-refractivity contribution in [1.82, 2.24) is 40.9 Å². The Morgan fingerprint density at radius 1 is 0.600 bits per heavy atom. The molecule has 0 radical (unpaired) electrons. The fraction of sp³-hybridized carbons (Fsp3) is 0.703. The minimum atomic E-state index is -1.79. The van der Waals surface area contributed by atoms with Crippen LogP contribution in [0.1, 0.15) is 84.5 Å². The van der Waals surface area contributed by atoms with Gasteiger partial charge in [0.05, 0.1) is 19.0 Å². The first-order chi connectivity index (χ1) is 28.3. The van der Waals surface area contributed by atoms with Crippen molar-refractivity contribution < 1.29 is 68.1 Å². The van der Waals surface area contributed by atoms with Crippen molar-refractivity contribution in [2.24, 2.45) is 5.73 Å². The van der Waals surface area contributed by atoms with Crippen LogP contribution in [-0.4, -0.2) is 181 Å². The zero-order valence-electron chi connectivity index (χ0n) is 33.6. The molecule has 4 fully saturated rings. The van der Waals surface area contributed by atoms with Gasteiger partial charge in [-0.25, -0.2) is 4.79 Å². The highest BCUT2D eigenvalue weighted by Gasteiger charge is 2.44. The van der Waals surface area contributed by atoms with Gasteiger partial charge >= 0.3 is 17.9 Å². The standard InChI is InChI=1S/C37H55N9O14/c1-19(38)33(55)43-13-3-7-23(43)31(53)39-18-27(47)41-22(17-29(50)51)30(52)42-21(11-12-28(48)49)35(57)44-14-4-8-24(44)32(54)40-20(2)34(56)45-15-5-9-25(45)36(58)46-16-6-10-26(46)37(59)60/h19-26H,3-18,38H2,1-2H3,(H,39,53)(H,40,54)(H,41,47)(H,42,52)(H,48,49)(H,50,51)(H,59,60)/t19-,20-,21-,22-,23-,24-,25-,26-/m0/s1. The Morgan fingerprint density at radius 2 is 1.12 bits per heavy atom. The molecule has 9 N–H and O–H groups in total. The summed E-state index contributed by atoms with van der Waals surface area (Å²) in [7, 11) is 0. The summed E-state index contributed by atoms with van der Waals surface area (Å²) < 4.78 is 0. The minimum Gasteiger partial charge on any atom is -0.481 e.